The number of carboxylic acid groups (broad SMARTS) is 1. The molecule has 8 heteroatoms. The summed E-state index contributed by atoms with van der Waals surface area (Å²) in [6.45, 7) is -0.868. The number of aliphatic carboxylic acids is 1. The SMILES string of the molecule is COc1cccc(-c2ccc(=O)n(CC(=O)NCC(=O)O)n2)c1. The van der Waals surface area contributed by atoms with Gasteiger partial charge < -0.3 is 15.2 Å². The molecule has 0 saturated carbocycles. The summed E-state index contributed by atoms with van der Waals surface area (Å²) < 4.78 is 6.11. The Kier molecular flexibility index (Phi) is 5.08. The van der Waals surface area contributed by atoms with Crippen LogP contribution in [0.3, 0.4) is 0 Å². The number of nitrogens with zero attached hydrogens (tertiary/aromatic N) is 2. The van der Waals surface area contributed by atoms with Crippen LogP contribution in [0.2, 0.25) is 0 Å². The topological polar surface area (TPSA) is 111 Å². The zero-order valence-electron chi connectivity index (χ0n) is 12.4. The van der Waals surface area contributed by atoms with Crippen molar-refractivity contribution >= 4 is 11.9 Å². The quantitative estimate of drug-likeness (QED) is 0.783. The van der Waals surface area contributed by atoms with E-state index >= 15 is 0 Å². The first kappa shape index (κ1) is 16.2. The minimum absolute atomic E-state index is 0.357. The van der Waals surface area contributed by atoms with Gasteiger partial charge in [-0.2, -0.15) is 5.10 Å². The molecule has 0 atom stereocenters. The Hall–Kier alpha value is -3.16. The molecule has 1 aromatic carbocycles. The maximum absolute atomic E-state index is 11.8. The molecule has 2 rings (SSSR count). The standard InChI is InChI=1S/C15H15N3O5/c1-23-11-4-2-3-10(7-11)12-5-6-14(20)18(17-12)9-13(19)16-8-15(21)22/h2-7H,8-9H2,1H3,(H,16,19)(H,21,22). The summed E-state index contributed by atoms with van der Waals surface area (Å²) in [5.74, 6) is -1.13. The average Bonchev–Trinajstić information content (AvgIpc) is 2.55. The second kappa shape index (κ2) is 7.21. The van der Waals surface area contributed by atoms with E-state index in [4.69, 9.17) is 9.84 Å². The van der Waals surface area contributed by atoms with Gasteiger partial charge in [0.05, 0.1) is 12.8 Å². The first-order valence-corrected chi connectivity index (χ1v) is 6.70. The van der Waals surface area contributed by atoms with Crippen LogP contribution in [0, 0.1) is 0 Å². The van der Waals surface area contributed by atoms with Gasteiger partial charge in [-0.3, -0.25) is 14.4 Å². The smallest absolute Gasteiger partial charge is 0.322 e. The van der Waals surface area contributed by atoms with Gasteiger partial charge >= 0.3 is 5.97 Å². The molecular formula is C15H15N3O5. The average molecular weight is 317 g/mol. The number of methoxy groups -OCH3 is 1. The van der Waals surface area contributed by atoms with Crippen molar-refractivity contribution in [1.82, 2.24) is 15.1 Å². The van der Waals surface area contributed by atoms with Crippen LogP contribution in [-0.4, -0.2) is 40.4 Å². The van der Waals surface area contributed by atoms with E-state index in [0.29, 0.717) is 11.4 Å². The molecule has 0 aliphatic rings. The van der Waals surface area contributed by atoms with Gasteiger partial charge in [0, 0.05) is 11.6 Å². The minimum Gasteiger partial charge on any atom is -0.497 e. The van der Waals surface area contributed by atoms with Crippen LogP contribution in [0.5, 0.6) is 5.75 Å². The van der Waals surface area contributed by atoms with E-state index in [1.165, 1.54) is 6.07 Å². The van der Waals surface area contributed by atoms with Crippen LogP contribution in [0.4, 0.5) is 0 Å². The Morgan fingerprint density at radius 3 is 2.78 bits per heavy atom. The van der Waals surface area contributed by atoms with Crippen LogP contribution in [0.25, 0.3) is 11.3 Å². The van der Waals surface area contributed by atoms with Crippen LogP contribution >= 0.6 is 0 Å². The third-order valence-corrected chi connectivity index (χ3v) is 2.96. The summed E-state index contributed by atoms with van der Waals surface area (Å²) in [6, 6.07) is 9.95. The Bertz CT molecular complexity index is 785. The molecular weight excluding hydrogens is 302 g/mol. The number of ether oxygens (including phenoxy) is 1. The normalized spacial score (nSPS) is 10.1. The van der Waals surface area contributed by atoms with Gasteiger partial charge in [-0.1, -0.05) is 12.1 Å². The largest absolute Gasteiger partial charge is 0.497 e. The predicted molar refractivity (Wildman–Crippen MR) is 81.1 cm³/mol. The summed E-state index contributed by atoms with van der Waals surface area (Å²) >= 11 is 0. The zero-order valence-corrected chi connectivity index (χ0v) is 12.4. The van der Waals surface area contributed by atoms with Crippen molar-refractivity contribution in [2.45, 2.75) is 6.54 Å². The van der Waals surface area contributed by atoms with Gasteiger partial charge in [0.1, 0.15) is 18.8 Å². The summed E-state index contributed by atoms with van der Waals surface area (Å²) in [7, 11) is 1.54. The van der Waals surface area contributed by atoms with E-state index in [2.05, 4.69) is 10.4 Å². The molecule has 1 amide bonds. The summed E-state index contributed by atoms with van der Waals surface area (Å²) in [6.07, 6.45) is 0. The molecule has 0 aliphatic carbocycles. The third kappa shape index (κ3) is 4.40. The van der Waals surface area contributed by atoms with Gasteiger partial charge in [-0.15, -0.1) is 0 Å². The number of hydrogen-bond acceptors (Lipinski definition) is 5. The van der Waals surface area contributed by atoms with Crippen LogP contribution < -0.4 is 15.6 Å². The second-order valence-electron chi connectivity index (χ2n) is 4.62. The highest BCUT2D eigenvalue weighted by Gasteiger charge is 2.09. The van der Waals surface area contributed by atoms with Gasteiger partial charge in [0.2, 0.25) is 5.91 Å². The van der Waals surface area contributed by atoms with E-state index in [1.807, 2.05) is 0 Å². The lowest BCUT2D eigenvalue weighted by molar-refractivity contribution is -0.138. The van der Waals surface area contributed by atoms with Crippen molar-refractivity contribution in [3.63, 3.8) is 0 Å². The fraction of sp³-hybridized carbons (Fsp3) is 0.200. The number of hydrogen-bond donors (Lipinski definition) is 2. The Labute approximate surface area is 131 Å². The zero-order chi connectivity index (χ0) is 16.8. The van der Waals surface area contributed by atoms with Gasteiger partial charge in [-0.25, -0.2) is 4.68 Å². The number of aromatic nitrogens is 2. The molecule has 8 nitrogen and oxygen atoms in total. The van der Waals surface area contributed by atoms with Crippen molar-refractivity contribution in [3.8, 4) is 17.0 Å². The molecule has 0 saturated heterocycles. The number of nitrogens with one attached hydrogen (secondary N) is 1. The van der Waals surface area contributed by atoms with Crippen molar-refractivity contribution in [2.75, 3.05) is 13.7 Å². The lowest BCUT2D eigenvalue weighted by Gasteiger charge is -2.08. The van der Waals surface area contributed by atoms with Gasteiger partial charge in [-0.05, 0) is 18.2 Å². The molecule has 1 aromatic heterocycles. The van der Waals surface area contributed by atoms with E-state index in [1.54, 1.807) is 37.4 Å². The van der Waals surface area contributed by atoms with Crippen LogP contribution in [-0.2, 0) is 16.1 Å². The number of amides is 1. The Morgan fingerprint density at radius 2 is 2.09 bits per heavy atom. The minimum atomic E-state index is -1.16. The van der Waals surface area contributed by atoms with Crippen LogP contribution in [0.1, 0.15) is 0 Å². The number of carbonyl (C=O) groups excluding carboxylic acids is 1. The van der Waals surface area contributed by atoms with E-state index in [-0.39, 0.29) is 6.54 Å². The molecule has 2 aromatic rings. The third-order valence-electron chi connectivity index (χ3n) is 2.96. The highest BCUT2D eigenvalue weighted by atomic mass is 16.5. The van der Waals surface area contributed by atoms with E-state index in [0.717, 1.165) is 10.2 Å². The lowest BCUT2D eigenvalue weighted by atomic mass is 10.1. The first-order chi connectivity index (χ1) is 11.0. The van der Waals surface area contributed by atoms with Crippen molar-refractivity contribution in [1.29, 1.82) is 0 Å². The number of benzene rings is 1. The highest BCUT2D eigenvalue weighted by molar-refractivity contribution is 5.80. The Balaban J connectivity index is 2.23. The van der Waals surface area contributed by atoms with Crippen molar-refractivity contribution in [3.05, 3.63) is 46.8 Å². The number of rotatable bonds is 6. The lowest BCUT2D eigenvalue weighted by Crippen LogP contribution is -2.36. The van der Waals surface area contributed by atoms with Crippen molar-refractivity contribution in [2.24, 2.45) is 0 Å². The van der Waals surface area contributed by atoms with Crippen molar-refractivity contribution < 1.29 is 19.4 Å². The fourth-order valence-electron chi connectivity index (χ4n) is 1.86. The molecule has 0 radical (unpaired) electrons. The molecule has 1 heterocycles. The summed E-state index contributed by atoms with van der Waals surface area (Å²) in [4.78, 5) is 33.8. The molecule has 0 spiro atoms. The van der Waals surface area contributed by atoms with Gasteiger partial charge in [0.15, 0.2) is 0 Å². The predicted octanol–water partition coefficient (Wildman–Crippen LogP) is 0.120. The molecule has 120 valence electrons. The van der Waals surface area contributed by atoms with Crippen LogP contribution in [0.15, 0.2) is 41.2 Å². The molecule has 0 fully saturated rings. The number of carbonyl (C=O) groups is 2. The molecule has 23 heavy (non-hydrogen) atoms. The Morgan fingerprint density at radius 1 is 1.30 bits per heavy atom. The van der Waals surface area contributed by atoms with Gasteiger partial charge in [0.25, 0.3) is 5.56 Å². The summed E-state index contributed by atoms with van der Waals surface area (Å²) in [5, 5.41) is 14.8. The fourth-order valence-corrected chi connectivity index (χ4v) is 1.86. The monoisotopic (exact) mass is 317 g/mol. The molecule has 0 unspecified atom stereocenters. The second-order valence-corrected chi connectivity index (χ2v) is 4.62. The first-order valence-electron chi connectivity index (χ1n) is 6.70. The number of carboxylic acids is 1. The molecule has 2 N–H and O–H groups in total. The maximum Gasteiger partial charge on any atom is 0.322 e. The van der Waals surface area contributed by atoms with E-state index in [9.17, 15) is 14.4 Å². The summed E-state index contributed by atoms with van der Waals surface area (Å²) in [5.41, 5.74) is 0.765. The molecule has 0 aliphatic heterocycles. The highest BCUT2D eigenvalue weighted by Crippen LogP contribution is 2.20. The molecule has 0 bridgehead atoms. The maximum atomic E-state index is 11.8. The van der Waals surface area contributed by atoms with E-state index < -0.39 is 24.0 Å².